The fourth-order valence-corrected chi connectivity index (χ4v) is 1.27. The average molecular weight is 193 g/mol. The molecule has 0 fully saturated rings. The molecule has 72 valence electrons. The Kier molecular flexibility index (Phi) is 8.68. The van der Waals surface area contributed by atoms with Crippen LogP contribution in [0.1, 0.15) is 44.9 Å². The van der Waals surface area contributed by atoms with Crippen molar-refractivity contribution in [2.75, 3.05) is 5.88 Å². The molecule has 0 atom stereocenters. The van der Waals surface area contributed by atoms with Crippen molar-refractivity contribution in [2.24, 2.45) is 0 Å². The van der Waals surface area contributed by atoms with Crippen molar-refractivity contribution in [3.63, 3.8) is 0 Å². The highest BCUT2D eigenvalue weighted by Crippen LogP contribution is 2.07. The zero-order chi connectivity index (χ0) is 9.23. The second kappa shape index (κ2) is 8.85. The largest absolute Gasteiger partial charge is 0.481 e. The third-order valence-electron chi connectivity index (χ3n) is 1.77. The van der Waals surface area contributed by atoms with Gasteiger partial charge < -0.3 is 5.11 Å². The summed E-state index contributed by atoms with van der Waals surface area (Å²) in [5.74, 6) is 0.0607. The van der Waals surface area contributed by atoms with Crippen molar-refractivity contribution in [1.82, 2.24) is 0 Å². The Balaban J connectivity index is 2.86. The van der Waals surface area contributed by atoms with Crippen LogP contribution in [0.4, 0.5) is 0 Å². The second-order valence-electron chi connectivity index (χ2n) is 2.95. The number of alkyl halides is 1. The molecule has 0 saturated heterocycles. The summed E-state index contributed by atoms with van der Waals surface area (Å²) >= 11 is 5.51. The number of carboxylic acids is 1. The van der Waals surface area contributed by atoms with E-state index in [4.69, 9.17) is 16.7 Å². The maximum atomic E-state index is 10.1. The fourth-order valence-electron chi connectivity index (χ4n) is 1.08. The molecule has 0 aromatic heterocycles. The molecule has 0 unspecified atom stereocenters. The number of carbonyl (C=O) groups is 1. The van der Waals surface area contributed by atoms with E-state index in [1.165, 1.54) is 12.8 Å². The molecule has 0 aromatic carbocycles. The summed E-state index contributed by atoms with van der Waals surface area (Å²) in [7, 11) is 0. The molecule has 0 aliphatic heterocycles. The third-order valence-corrected chi connectivity index (χ3v) is 2.04. The molecular formula is C9H17ClO2. The summed E-state index contributed by atoms with van der Waals surface area (Å²) < 4.78 is 0. The number of aliphatic carboxylic acids is 1. The van der Waals surface area contributed by atoms with Gasteiger partial charge in [-0.25, -0.2) is 0 Å². The van der Waals surface area contributed by atoms with Crippen LogP contribution in [-0.4, -0.2) is 17.0 Å². The maximum absolute atomic E-state index is 10.1. The molecule has 12 heavy (non-hydrogen) atoms. The molecule has 1 N–H and O–H groups in total. The van der Waals surface area contributed by atoms with Gasteiger partial charge in [0.05, 0.1) is 0 Å². The molecule has 2 nitrogen and oxygen atoms in total. The van der Waals surface area contributed by atoms with Gasteiger partial charge in [-0.1, -0.05) is 25.7 Å². The van der Waals surface area contributed by atoms with Crippen LogP contribution in [0.15, 0.2) is 0 Å². The van der Waals surface area contributed by atoms with Crippen molar-refractivity contribution in [3.05, 3.63) is 0 Å². The molecule has 0 spiro atoms. The van der Waals surface area contributed by atoms with Gasteiger partial charge in [0.1, 0.15) is 0 Å². The minimum Gasteiger partial charge on any atom is -0.481 e. The van der Waals surface area contributed by atoms with Crippen molar-refractivity contribution in [3.8, 4) is 0 Å². The number of halogens is 1. The topological polar surface area (TPSA) is 37.3 Å². The van der Waals surface area contributed by atoms with Crippen molar-refractivity contribution < 1.29 is 9.90 Å². The van der Waals surface area contributed by atoms with E-state index in [-0.39, 0.29) is 0 Å². The van der Waals surface area contributed by atoms with Crippen LogP contribution < -0.4 is 0 Å². The van der Waals surface area contributed by atoms with Gasteiger partial charge in [-0.15, -0.1) is 11.6 Å². The first-order valence-electron chi connectivity index (χ1n) is 4.55. The SMILES string of the molecule is O=C(O)CCCCCCCCCl. The highest BCUT2D eigenvalue weighted by atomic mass is 35.5. The van der Waals surface area contributed by atoms with Gasteiger partial charge in [0.2, 0.25) is 0 Å². The molecular weight excluding hydrogens is 176 g/mol. The third kappa shape index (κ3) is 9.76. The molecule has 0 aliphatic carbocycles. The molecule has 3 heteroatoms. The minimum atomic E-state index is -0.684. The highest BCUT2D eigenvalue weighted by Gasteiger charge is 1.95. The molecule has 0 rings (SSSR count). The van der Waals surface area contributed by atoms with Crippen LogP contribution in [0, 0.1) is 0 Å². The Morgan fingerprint density at radius 2 is 1.50 bits per heavy atom. The van der Waals surface area contributed by atoms with E-state index in [0.29, 0.717) is 6.42 Å². The van der Waals surface area contributed by atoms with E-state index < -0.39 is 5.97 Å². The normalized spacial score (nSPS) is 10.1. The van der Waals surface area contributed by atoms with E-state index in [1.807, 2.05) is 0 Å². The highest BCUT2D eigenvalue weighted by molar-refractivity contribution is 6.17. The smallest absolute Gasteiger partial charge is 0.303 e. The lowest BCUT2D eigenvalue weighted by atomic mass is 10.1. The predicted molar refractivity (Wildman–Crippen MR) is 50.7 cm³/mol. The van der Waals surface area contributed by atoms with Crippen LogP contribution >= 0.6 is 11.6 Å². The first-order valence-corrected chi connectivity index (χ1v) is 5.08. The van der Waals surface area contributed by atoms with Crippen LogP contribution in [0.25, 0.3) is 0 Å². The van der Waals surface area contributed by atoms with E-state index in [2.05, 4.69) is 0 Å². The fraction of sp³-hybridized carbons (Fsp3) is 0.889. The first kappa shape index (κ1) is 11.8. The first-order chi connectivity index (χ1) is 5.77. The lowest BCUT2D eigenvalue weighted by molar-refractivity contribution is -0.137. The van der Waals surface area contributed by atoms with Gasteiger partial charge in [-0.05, 0) is 12.8 Å². The Labute approximate surface area is 78.9 Å². The predicted octanol–water partition coefficient (Wildman–Crippen LogP) is 3.04. The lowest BCUT2D eigenvalue weighted by Gasteiger charge is -1.98. The zero-order valence-corrected chi connectivity index (χ0v) is 8.15. The van der Waals surface area contributed by atoms with E-state index in [9.17, 15) is 4.79 Å². The number of unbranched alkanes of at least 4 members (excludes halogenated alkanes) is 5. The molecule has 0 amide bonds. The summed E-state index contributed by atoms with van der Waals surface area (Å²) in [6, 6.07) is 0. The lowest BCUT2D eigenvalue weighted by Crippen LogP contribution is -1.93. The quantitative estimate of drug-likeness (QED) is 0.474. The molecule has 0 bridgehead atoms. The Morgan fingerprint density at radius 3 is 2.00 bits per heavy atom. The van der Waals surface area contributed by atoms with Gasteiger partial charge in [-0.2, -0.15) is 0 Å². The molecule has 0 heterocycles. The molecule has 0 aliphatic rings. The molecule has 0 aromatic rings. The van der Waals surface area contributed by atoms with Gasteiger partial charge in [0.15, 0.2) is 0 Å². The molecule has 0 saturated carbocycles. The monoisotopic (exact) mass is 192 g/mol. The second-order valence-corrected chi connectivity index (χ2v) is 3.33. The summed E-state index contributed by atoms with van der Waals surface area (Å²) in [6.45, 7) is 0. The van der Waals surface area contributed by atoms with Crippen molar-refractivity contribution >= 4 is 17.6 Å². The summed E-state index contributed by atoms with van der Waals surface area (Å²) in [6.07, 6.45) is 6.76. The van der Waals surface area contributed by atoms with E-state index in [0.717, 1.165) is 31.6 Å². The van der Waals surface area contributed by atoms with Crippen LogP contribution in [-0.2, 0) is 4.79 Å². The van der Waals surface area contributed by atoms with E-state index in [1.54, 1.807) is 0 Å². The van der Waals surface area contributed by atoms with Crippen LogP contribution in [0.5, 0.6) is 0 Å². The van der Waals surface area contributed by atoms with Gasteiger partial charge in [-0.3, -0.25) is 4.79 Å². The van der Waals surface area contributed by atoms with Crippen molar-refractivity contribution in [1.29, 1.82) is 0 Å². The Bertz CT molecular complexity index is 115. The van der Waals surface area contributed by atoms with Crippen LogP contribution in [0.2, 0.25) is 0 Å². The number of hydrogen-bond donors (Lipinski definition) is 1. The van der Waals surface area contributed by atoms with Gasteiger partial charge in [0, 0.05) is 12.3 Å². The number of carboxylic acid groups (broad SMARTS) is 1. The van der Waals surface area contributed by atoms with Gasteiger partial charge >= 0.3 is 5.97 Å². The number of hydrogen-bond acceptors (Lipinski definition) is 1. The van der Waals surface area contributed by atoms with Gasteiger partial charge in [0.25, 0.3) is 0 Å². The summed E-state index contributed by atoms with van der Waals surface area (Å²) in [5.41, 5.74) is 0. The number of rotatable bonds is 8. The summed E-state index contributed by atoms with van der Waals surface area (Å²) in [4.78, 5) is 10.1. The van der Waals surface area contributed by atoms with Crippen LogP contribution in [0.3, 0.4) is 0 Å². The standard InChI is InChI=1S/C9H17ClO2/c10-8-6-4-2-1-3-5-7-9(11)12/h1-8H2,(H,11,12). The zero-order valence-electron chi connectivity index (χ0n) is 7.39. The van der Waals surface area contributed by atoms with Crippen molar-refractivity contribution in [2.45, 2.75) is 44.9 Å². The minimum absolute atomic E-state index is 0.315. The Hall–Kier alpha value is -0.240. The summed E-state index contributed by atoms with van der Waals surface area (Å²) in [5, 5.41) is 8.34. The Morgan fingerprint density at radius 1 is 1.00 bits per heavy atom. The van der Waals surface area contributed by atoms with E-state index >= 15 is 0 Å². The maximum Gasteiger partial charge on any atom is 0.303 e. The average Bonchev–Trinajstić information content (AvgIpc) is 2.02. The molecule has 0 radical (unpaired) electrons.